The van der Waals surface area contributed by atoms with E-state index in [0.717, 1.165) is 18.5 Å². The number of hydrogen-bond donors (Lipinski definition) is 1. The van der Waals surface area contributed by atoms with Crippen LogP contribution in [0.1, 0.15) is 58.3 Å². The van der Waals surface area contributed by atoms with Crippen molar-refractivity contribution in [2.45, 2.75) is 64.7 Å². The van der Waals surface area contributed by atoms with E-state index in [0.29, 0.717) is 5.92 Å². The van der Waals surface area contributed by atoms with Crippen LogP contribution in [0.4, 0.5) is 0 Å². The van der Waals surface area contributed by atoms with Crippen LogP contribution < -0.4 is 5.73 Å². The molecule has 1 fully saturated rings. The lowest BCUT2D eigenvalue weighted by Crippen LogP contribution is -2.36. The van der Waals surface area contributed by atoms with Gasteiger partial charge in [0.2, 0.25) is 0 Å². The molecule has 19 heavy (non-hydrogen) atoms. The molecule has 0 bridgehead atoms. The Balaban J connectivity index is 2.31. The summed E-state index contributed by atoms with van der Waals surface area (Å²) < 4.78 is 8.03. The maximum absolute atomic E-state index is 6.55. The van der Waals surface area contributed by atoms with Crippen molar-refractivity contribution < 1.29 is 4.74 Å². The molecular weight excluding hydrogens is 238 g/mol. The summed E-state index contributed by atoms with van der Waals surface area (Å²) in [6, 6.07) is -0.0135. The SMILES string of the molecule is CCc1nn(C)cc1C(N)C1CC(C)(C)OC1(C)C. The summed E-state index contributed by atoms with van der Waals surface area (Å²) >= 11 is 0. The van der Waals surface area contributed by atoms with Crippen molar-refractivity contribution in [1.29, 1.82) is 0 Å². The van der Waals surface area contributed by atoms with Gasteiger partial charge in [-0.3, -0.25) is 4.68 Å². The normalized spacial score (nSPS) is 26.6. The predicted octanol–water partition coefficient (Wildman–Crippen LogP) is 2.58. The van der Waals surface area contributed by atoms with Crippen molar-refractivity contribution in [2.75, 3.05) is 0 Å². The fourth-order valence-electron chi connectivity index (χ4n) is 3.49. The minimum Gasteiger partial charge on any atom is -0.369 e. The smallest absolute Gasteiger partial charge is 0.0680 e. The standard InChI is InChI=1S/C15H27N3O/c1-7-12-10(9-18(6)17-12)13(16)11-8-14(2,3)19-15(11,4)5/h9,11,13H,7-8,16H2,1-6H3. The zero-order valence-electron chi connectivity index (χ0n) is 13.0. The predicted molar refractivity (Wildman–Crippen MR) is 76.9 cm³/mol. The zero-order chi connectivity index (χ0) is 14.4. The molecule has 2 unspecified atom stereocenters. The Bertz CT molecular complexity index is 462. The first-order valence-electron chi connectivity index (χ1n) is 7.14. The highest BCUT2D eigenvalue weighted by Gasteiger charge is 2.48. The van der Waals surface area contributed by atoms with Gasteiger partial charge in [0.25, 0.3) is 0 Å². The molecule has 1 aliphatic heterocycles. The van der Waals surface area contributed by atoms with Crippen LogP contribution in [0.3, 0.4) is 0 Å². The maximum atomic E-state index is 6.55. The molecule has 1 aromatic heterocycles. The maximum Gasteiger partial charge on any atom is 0.0680 e. The van der Waals surface area contributed by atoms with Crippen LogP contribution in [0.25, 0.3) is 0 Å². The van der Waals surface area contributed by atoms with Gasteiger partial charge in [0.05, 0.1) is 16.9 Å². The second-order valence-electron chi connectivity index (χ2n) is 6.86. The largest absolute Gasteiger partial charge is 0.369 e. The molecule has 2 N–H and O–H groups in total. The van der Waals surface area contributed by atoms with Crippen LogP contribution in [0.2, 0.25) is 0 Å². The molecule has 2 rings (SSSR count). The fourth-order valence-corrected chi connectivity index (χ4v) is 3.49. The number of ether oxygens (including phenoxy) is 1. The highest BCUT2D eigenvalue weighted by Crippen LogP contribution is 2.47. The summed E-state index contributed by atoms with van der Waals surface area (Å²) in [7, 11) is 1.95. The van der Waals surface area contributed by atoms with E-state index in [1.54, 1.807) is 0 Å². The molecule has 2 heterocycles. The zero-order valence-corrected chi connectivity index (χ0v) is 13.0. The topological polar surface area (TPSA) is 53.1 Å². The third-order valence-corrected chi connectivity index (χ3v) is 4.21. The first kappa shape index (κ1) is 14.5. The van der Waals surface area contributed by atoms with Gasteiger partial charge in [-0.25, -0.2) is 0 Å². The average Bonchev–Trinajstić information content (AvgIpc) is 2.74. The van der Waals surface area contributed by atoms with Crippen molar-refractivity contribution in [3.8, 4) is 0 Å². The molecule has 0 saturated carbocycles. The first-order valence-corrected chi connectivity index (χ1v) is 7.14. The van der Waals surface area contributed by atoms with Crippen LogP contribution in [-0.4, -0.2) is 21.0 Å². The fraction of sp³-hybridized carbons (Fsp3) is 0.800. The first-order chi connectivity index (χ1) is 8.66. The van der Waals surface area contributed by atoms with Gasteiger partial charge in [0.15, 0.2) is 0 Å². The number of hydrogen-bond acceptors (Lipinski definition) is 3. The summed E-state index contributed by atoms with van der Waals surface area (Å²) in [4.78, 5) is 0. The molecule has 1 saturated heterocycles. The minimum atomic E-state index is -0.191. The number of aromatic nitrogens is 2. The molecule has 1 aliphatic rings. The van der Waals surface area contributed by atoms with E-state index < -0.39 is 0 Å². The van der Waals surface area contributed by atoms with Crippen molar-refractivity contribution in [2.24, 2.45) is 18.7 Å². The van der Waals surface area contributed by atoms with Gasteiger partial charge in [-0.1, -0.05) is 6.92 Å². The van der Waals surface area contributed by atoms with Gasteiger partial charge in [-0.05, 0) is 40.5 Å². The Labute approximate surface area is 116 Å². The molecule has 0 aromatic carbocycles. The molecule has 0 aliphatic carbocycles. The highest BCUT2D eigenvalue weighted by molar-refractivity contribution is 5.23. The summed E-state index contributed by atoms with van der Waals surface area (Å²) in [6.45, 7) is 10.7. The van der Waals surface area contributed by atoms with E-state index in [9.17, 15) is 0 Å². The second kappa shape index (κ2) is 4.60. The Morgan fingerprint density at radius 3 is 2.58 bits per heavy atom. The van der Waals surface area contributed by atoms with Crippen LogP contribution in [0, 0.1) is 5.92 Å². The van der Waals surface area contributed by atoms with Crippen molar-refractivity contribution in [3.63, 3.8) is 0 Å². The summed E-state index contributed by atoms with van der Waals surface area (Å²) in [5.74, 6) is 0.317. The van der Waals surface area contributed by atoms with Crippen molar-refractivity contribution in [3.05, 3.63) is 17.5 Å². The van der Waals surface area contributed by atoms with E-state index in [1.165, 1.54) is 5.56 Å². The summed E-state index contributed by atoms with van der Waals surface area (Å²) in [6.07, 6.45) is 3.96. The molecular formula is C15H27N3O. The molecule has 108 valence electrons. The van der Waals surface area contributed by atoms with E-state index in [2.05, 4.69) is 45.9 Å². The van der Waals surface area contributed by atoms with E-state index in [-0.39, 0.29) is 17.2 Å². The van der Waals surface area contributed by atoms with Gasteiger partial charge in [0.1, 0.15) is 0 Å². The summed E-state index contributed by atoms with van der Waals surface area (Å²) in [5, 5.41) is 4.50. The molecule has 0 spiro atoms. The molecule has 1 aromatic rings. The molecule has 0 amide bonds. The van der Waals surface area contributed by atoms with Crippen LogP contribution in [0.15, 0.2) is 6.20 Å². The Hall–Kier alpha value is -0.870. The van der Waals surface area contributed by atoms with Gasteiger partial charge in [-0.15, -0.1) is 0 Å². The van der Waals surface area contributed by atoms with E-state index in [1.807, 2.05) is 11.7 Å². The number of nitrogens with two attached hydrogens (primary N) is 1. The van der Waals surface area contributed by atoms with Crippen LogP contribution in [0.5, 0.6) is 0 Å². The van der Waals surface area contributed by atoms with Gasteiger partial charge in [0, 0.05) is 30.8 Å². The molecule has 4 nitrogen and oxygen atoms in total. The van der Waals surface area contributed by atoms with Gasteiger partial charge < -0.3 is 10.5 Å². The lowest BCUT2D eigenvalue weighted by Gasteiger charge is -2.31. The monoisotopic (exact) mass is 265 g/mol. The van der Waals surface area contributed by atoms with Crippen molar-refractivity contribution in [1.82, 2.24) is 9.78 Å². The van der Waals surface area contributed by atoms with Gasteiger partial charge in [-0.2, -0.15) is 5.10 Å². The van der Waals surface area contributed by atoms with E-state index >= 15 is 0 Å². The second-order valence-corrected chi connectivity index (χ2v) is 6.86. The lowest BCUT2D eigenvalue weighted by molar-refractivity contribution is -0.0767. The Morgan fingerprint density at radius 2 is 2.11 bits per heavy atom. The van der Waals surface area contributed by atoms with Crippen LogP contribution in [-0.2, 0) is 18.2 Å². The quantitative estimate of drug-likeness (QED) is 0.914. The third-order valence-electron chi connectivity index (χ3n) is 4.21. The number of nitrogens with zero attached hydrogens (tertiary/aromatic N) is 2. The highest BCUT2D eigenvalue weighted by atomic mass is 16.5. The molecule has 0 radical (unpaired) electrons. The molecule has 4 heteroatoms. The minimum absolute atomic E-state index is 0.0135. The average molecular weight is 265 g/mol. The van der Waals surface area contributed by atoms with E-state index in [4.69, 9.17) is 10.5 Å². The van der Waals surface area contributed by atoms with Crippen molar-refractivity contribution >= 4 is 0 Å². The lowest BCUT2D eigenvalue weighted by atomic mass is 9.79. The Kier molecular flexibility index (Phi) is 3.52. The summed E-state index contributed by atoms with van der Waals surface area (Å²) in [5.41, 5.74) is 8.54. The third kappa shape index (κ3) is 2.70. The Morgan fingerprint density at radius 1 is 1.47 bits per heavy atom. The molecule has 2 atom stereocenters. The number of rotatable bonds is 3. The number of aryl methyl sites for hydroxylation is 2. The van der Waals surface area contributed by atoms with Gasteiger partial charge >= 0.3 is 0 Å². The van der Waals surface area contributed by atoms with Crippen LogP contribution >= 0.6 is 0 Å².